The van der Waals surface area contributed by atoms with Crippen molar-refractivity contribution in [2.75, 3.05) is 7.11 Å². The third-order valence-electron chi connectivity index (χ3n) is 3.65. The first-order valence-electron chi connectivity index (χ1n) is 6.98. The van der Waals surface area contributed by atoms with E-state index in [4.69, 9.17) is 9.47 Å². The van der Waals surface area contributed by atoms with Crippen molar-refractivity contribution >= 4 is 11.5 Å². The lowest BCUT2D eigenvalue weighted by atomic mass is 9.94. The summed E-state index contributed by atoms with van der Waals surface area (Å²) in [6.45, 7) is 0. The lowest BCUT2D eigenvalue weighted by Crippen LogP contribution is -2.18. The Hall–Kier alpha value is -2.43. The second-order valence-corrected chi connectivity index (χ2v) is 4.98. The van der Waals surface area contributed by atoms with Gasteiger partial charge in [0.1, 0.15) is 6.10 Å². The minimum absolute atomic E-state index is 0.365. The molecule has 3 rings (SSSR count). The van der Waals surface area contributed by atoms with E-state index in [-0.39, 0.29) is 0 Å². The maximum absolute atomic E-state index is 12.2. The molecule has 0 saturated carbocycles. The van der Waals surface area contributed by atoms with E-state index < -0.39 is 18.4 Å². The Labute approximate surface area is 128 Å². The summed E-state index contributed by atoms with van der Waals surface area (Å²) in [6.07, 6.45) is -1.84. The van der Waals surface area contributed by atoms with Gasteiger partial charge in [-0.05, 0) is 11.1 Å². The van der Waals surface area contributed by atoms with Crippen LogP contribution in [0.1, 0.15) is 17.2 Å². The molecule has 0 aliphatic carbocycles. The molecule has 0 bridgehead atoms. The van der Waals surface area contributed by atoms with E-state index in [1.54, 1.807) is 12.1 Å². The number of hydrogen-bond acceptors (Lipinski definition) is 4. The smallest absolute Gasteiger partial charge is 0.341 e. The highest BCUT2D eigenvalue weighted by molar-refractivity contribution is 6.19. The first-order chi connectivity index (χ1) is 10.7. The van der Waals surface area contributed by atoms with Crippen molar-refractivity contribution < 1.29 is 19.4 Å². The molecule has 112 valence electrons. The number of carbonyl (C=O) groups excluding carboxylic acids is 1. The van der Waals surface area contributed by atoms with Crippen molar-refractivity contribution in [2.45, 2.75) is 12.4 Å². The second kappa shape index (κ2) is 6.13. The highest BCUT2D eigenvalue weighted by Gasteiger charge is 2.39. The number of aliphatic hydroxyl groups is 1. The minimum atomic E-state index is -0.965. The highest BCUT2D eigenvalue weighted by atomic mass is 16.7. The maximum Gasteiger partial charge on any atom is 0.341 e. The summed E-state index contributed by atoms with van der Waals surface area (Å²) < 4.78 is 10.5. The van der Waals surface area contributed by atoms with Crippen LogP contribution in [0.25, 0.3) is 5.57 Å². The van der Waals surface area contributed by atoms with E-state index in [1.807, 2.05) is 48.5 Å². The van der Waals surface area contributed by atoms with Gasteiger partial charge in [-0.15, -0.1) is 0 Å². The molecule has 4 heteroatoms. The molecule has 0 spiro atoms. The van der Waals surface area contributed by atoms with Gasteiger partial charge in [0.15, 0.2) is 0 Å². The summed E-state index contributed by atoms with van der Waals surface area (Å²) in [6, 6.07) is 18.3. The Kier molecular flexibility index (Phi) is 4.04. The number of ether oxygens (including phenoxy) is 2. The Balaban J connectivity index is 2.13. The second-order valence-electron chi connectivity index (χ2n) is 4.98. The van der Waals surface area contributed by atoms with Gasteiger partial charge >= 0.3 is 5.97 Å². The molecule has 2 aromatic rings. The van der Waals surface area contributed by atoms with Gasteiger partial charge in [0, 0.05) is 12.7 Å². The number of hydrogen-bond donors (Lipinski definition) is 1. The van der Waals surface area contributed by atoms with Gasteiger partial charge in [0.05, 0.1) is 5.57 Å². The van der Waals surface area contributed by atoms with Crippen LogP contribution in [0.15, 0.2) is 66.2 Å². The number of benzene rings is 2. The van der Waals surface area contributed by atoms with Gasteiger partial charge in [-0.1, -0.05) is 60.7 Å². The summed E-state index contributed by atoms with van der Waals surface area (Å²) in [5.74, 6) is -0.483. The van der Waals surface area contributed by atoms with Gasteiger partial charge in [-0.3, -0.25) is 0 Å². The molecule has 2 atom stereocenters. The molecule has 1 aliphatic rings. The van der Waals surface area contributed by atoms with Crippen molar-refractivity contribution in [1.29, 1.82) is 0 Å². The molecule has 4 nitrogen and oxygen atoms in total. The van der Waals surface area contributed by atoms with E-state index >= 15 is 0 Å². The van der Waals surface area contributed by atoms with Gasteiger partial charge in [0.25, 0.3) is 0 Å². The van der Waals surface area contributed by atoms with E-state index in [1.165, 1.54) is 7.11 Å². The van der Waals surface area contributed by atoms with Crippen LogP contribution in [-0.2, 0) is 14.3 Å². The first-order valence-corrected chi connectivity index (χ1v) is 6.98. The zero-order valence-corrected chi connectivity index (χ0v) is 12.1. The maximum atomic E-state index is 12.2. The van der Waals surface area contributed by atoms with Crippen LogP contribution in [0.5, 0.6) is 0 Å². The summed E-state index contributed by atoms with van der Waals surface area (Å²) in [5, 5.41) is 10.7. The van der Waals surface area contributed by atoms with E-state index in [0.29, 0.717) is 22.3 Å². The largest absolute Gasteiger partial charge is 0.428 e. The molecule has 1 aliphatic heterocycles. The summed E-state index contributed by atoms with van der Waals surface area (Å²) in [4.78, 5) is 12.2. The quantitative estimate of drug-likeness (QED) is 0.881. The predicted octanol–water partition coefficient (Wildman–Crippen LogP) is 2.70. The van der Waals surface area contributed by atoms with E-state index in [9.17, 15) is 9.90 Å². The standard InChI is InChI=1S/C18H16O4/c1-21-18-15(16(19)13-10-6-3-7-11-13)14(17(20)22-18)12-8-4-2-5-9-12/h2-11,16,18-19H,1H3/t16-,18-/m1/s1. The Morgan fingerprint density at radius 1 is 1.05 bits per heavy atom. The first kappa shape index (κ1) is 14.5. The fraction of sp³-hybridized carbons (Fsp3) is 0.167. The zero-order chi connectivity index (χ0) is 15.5. The van der Waals surface area contributed by atoms with Crippen molar-refractivity contribution in [2.24, 2.45) is 0 Å². The molecule has 0 saturated heterocycles. The van der Waals surface area contributed by atoms with Crippen molar-refractivity contribution in [3.05, 3.63) is 77.4 Å². The molecular weight excluding hydrogens is 280 g/mol. The number of aliphatic hydroxyl groups excluding tert-OH is 1. The highest BCUT2D eigenvalue weighted by Crippen LogP contribution is 2.38. The Morgan fingerprint density at radius 2 is 1.64 bits per heavy atom. The summed E-state index contributed by atoms with van der Waals surface area (Å²) in [5.41, 5.74) is 2.19. The molecule has 1 heterocycles. The van der Waals surface area contributed by atoms with Crippen molar-refractivity contribution in [3.8, 4) is 0 Å². The fourth-order valence-electron chi connectivity index (χ4n) is 2.60. The zero-order valence-electron chi connectivity index (χ0n) is 12.1. The average molecular weight is 296 g/mol. The van der Waals surface area contributed by atoms with E-state index in [0.717, 1.165) is 0 Å². The van der Waals surface area contributed by atoms with Crippen LogP contribution < -0.4 is 0 Å². The topological polar surface area (TPSA) is 55.8 Å². The number of methoxy groups -OCH3 is 1. The number of rotatable bonds is 4. The minimum Gasteiger partial charge on any atom is -0.428 e. The number of carbonyl (C=O) groups is 1. The summed E-state index contributed by atoms with van der Waals surface area (Å²) in [7, 11) is 1.45. The Morgan fingerprint density at radius 3 is 2.23 bits per heavy atom. The molecule has 0 amide bonds. The molecule has 0 radical (unpaired) electrons. The molecule has 0 unspecified atom stereocenters. The van der Waals surface area contributed by atoms with Gasteiger partial charge in [-0.25, -0.2) is 4.79 Å². The monoisotopic (exact) mass is 296 g/mol. The summed E-state index contributed by atoms with van der Waals surface area (Å²) >= 11 is 0. The molecule has 22 heavy (non-hydrogen) atoms. The van der Waals surface area contributed by atoms with Crippen LogP contribution in [0, 0.1) is 0 Å². The lowest BCUT2D eigenvalue weighted by molar-refractivity contribution is -0.155. The molecule has 2 aromatic carbocycles. The Bertz CT molecular complexity index is 692. The molecule has 1 N–H and O–H groups in total. The third-order valence-corrected chi connectivity index (χ3v) is 3.65. The van der Waals surface area contributed by atoms with E-state index in [2.05, 4.69) is 0 Å². The van der Waals surface area contributed by atoms with Crippen molar-refractivity contribution in [3.63, 3.8) is 0 Å². The van der Waals surface area contributed by atoms with Crippen molar-refractivity contribution in [1.82, 2.24) is 0 Å². The molecule has 0 aromatic heterocycles. The normalized spacial score (nSPS) is 19.2. The van der Waals surface area contributed by atoms with Crippen LogP contribution in [0.3, 0.4) is 0 Å². The van der Waals surface area contributed by atoms with Gasteiger partial charge in [0.2, 0.25) is 6.29 Å². The number of esters is 1. The van der Waals surface area contributed by atoms with Crippen LogP contribution in [0.2, 0.25) is 0 Å². The van der Waals surface area contributed by atoms with Crippen LogP contribution >= 0.6 is 0 Å². The fourth-order valence-corrected chi connectivity index (χ4v) is 2.60. The lowest BCUT2D eigenvalue weighted by Gasteiger charge is -2.18. The third kappa shape index (κ3) is 2.54. The van der Waals surface area contributed by atoms with Gasteiger partial charge in [-0.2, -0.15) is 0 Å². The van der Waals surface area contributed by atoms with Crippen LogP contribution in [0.4, 0.5) is 0 Å². The number of cyclic esters (lactones) is 1. The van der Waals surface area contributed by atoms with Gasteiger partial charge < -0.3 is 14.6 Å². The predicted molar refractivity (Wildman–Crippen MR) is 81.7 cm³/mol. The average Bonchev–Trinajstić information content (AvgIpc) is 2.92. The van der Waals surface area contributed by atoms with Crippen LogP contribution in [-0.4, -0.2) is 24.5 Å². The molecule has 0 fully saturated rings. The SMILES string of the molecule is CO[C@@H]1OC(=O)C(c2ccccc2)=C1[C@H](O)c1ccccc1. The molecular formula is C18H16O4.